The fourth-order valence-electron chi connectivity index (χ4n) is 1.99. The van der Waals surface area contributed by atoms with Gasteiger partial charge in [-0.15, -0.1) is 0 Å². The second kappa shape index (κ2) is 5.26. The molecule has 0 spiro atoms. The maximum Gasteiger partial charge on any atom is 0.132 e. The average Bonchev–Trinajstić information content (AvgIpc) is 2.91. The van der Waals surface area contributed by atoms with Crippen molar-refractivity contribution in [3.63, 3.8) is 0 Å². The predicted octanol–water partition coefficient (Wildman–Crippen LogP) is 3.93. The molecule has 2 N–H and O–H groups in total. The minimum Gasteiger partial charge on any atom is -0.383 e. The van der Waals surface area contributed by atoms with Crippen LogP contribution < -0.4 is 5.73 Å². The summed E-state index contributed by atoms with van der Waals surface area (Å²) in [5, 5.41) is 0.655. The van der Waals surface area contributed by atoms with Crippen LogP contribution in [0, 0.1) is 0 Å². The Labute approximate surface area is 129 Å². The van der Waals surface area contributed by atoms with Crippen molar-refractivity contribution in [2.75, 3.05) is 5.73 Å². The van der Waals surface area contributed by atoms with E-state index in [0.717, 1.165) is 21.4 Å². The lowest BCUT2D eigenvalue weighted by Gasteiger charge is -2.11. The second-order valence-corrected chi connectivity index (χ2v) is 5.47. The van der Waals surface area contributed by atoms with Gasteiger partial charge in [-0.05, 0) is 46.3 Å². The van der Waals surface area contributed by atoms with Crippen LogP contribution in [0.2, 0.25) is 5.02 Å². The summed E-state index contributed by atoms with van der Waals surface area (Å²) in [6.07, 6.45) is 5.13. The Hall–Kier alpha value is -1.85. The van der Waals surface area contributed by atoms with Gasteiger partial charge in [-0.25, -0.2) is 9.97 Å². The Morgan fingerprint density at radius 1 is 1.25 bits per heavy atom. The summed E-state index contributed by atoms with van der Waals surface area (Å²) in [5.74, 6) is 0.465. The third kappa shape index (κ3) is 2.30. The molecule has 0 radical (unpaired) electrons. The highest BCUT2D eigenvalue weighted by Gasteiger charge is 2.12. The van der Waals surface area contributed by atoms with Gasteiger partial charge in [-0.3, -0.25) is 4.57 Å². The quantitative estimate of drug-likeness (QED) is 0.762. The molecular weight excluding hydrogens is 340 g/mol. The highest BCUT2D eigenvalue weighted by molar-refractivity contribution is 9.10. The van der Waals surface area contributed by atoms with E-state index >= 15 is 0 Å². The number of hydrogen-bond acceptors (Lipinski definition) is 3. The van der Waals surface area contributed by atoms with Crippen LogP contribution in [0.1, 0.15) is 0 Å². The van der Waals surface area contributed by atoms with Gasteiger partial charge in [0.15, 0.2) is 0 Å². The van der Waals surface area contributed by atoms with Crippen LogP contribution in [0.5, 0.6) is 0 Å². The summed E-state index contributed by atoms with van der Waals surface area (Å²) in [6, 6.07) is 9.34. The molecule has 0 amide bonds. The number of nitrogens with zero attached hydrogens (tertiary/aromatic N) is 3. The van der Waals surface area contributed by atoms with Gasteiger partial charge in [-0.2, -0.15) is 0 Å². The van der Waals surface area contributed by atoms with Gasteiger partial charge in [0, 0.05) is 21.3 Å². The third-order valence-electron chi connectivity index (χ3n) is 2.92. The molecule has 0 aliphatic carbocycles. The number of halogens is 2. The molecule has 100 valence electrons. The van der Waals surface area contributed by atoms with Crippen LogP contribution in [0.4, 0.5) is 5.82 Å². The third-order valence-corrected chi connectivity index (χ3v) is 3.83. The maximum atomic E-state index is 6.07. The van der Waals surface area contributed by atoms with E-state index in [1.165, 1.54) is 0 Å². The van der Waals surface area contributed by atoms with E-state index in [2.05, 4.69) is 25.9 Å². The van der Waals surface area contributed by atoms with Crippen molar-refractivity contribution in [3.05, 3.63) is 58.5 Å². The summed E-state index contributed by atoms with van der Waals surface area (Å²) in [4.78, 5) is 8.31. The standard InChI is InChI=1S/C14H10BrClN4/c15-11-4-3-9(16)6-12(11)20-8-18-7-13(20)10-2-1-5-19-14(10)17/h1-8H,(H2,17,19). The molecule has 0 atom stereocenters. The fourth-order valence-corrected chi connectivity index (χ4v) is 2.59. The van der Waals surface area contributed by atoms with Crippen molar-refractivity contribution in [2.45, 2.75) is 0 Å². The number of anilines is 1. The lowest BCUT2D eigenvalue weighted by Crippen LogP contribution is -2.00. The Bertz CT molecular complexity index is 769. The number of imidazole rings is 1. The van der Waals surface area contributed by atoms with E-state index in [-0.39, 0.29) is 0 Å². The zero-order valence-corrected chi connectivity index (χ0v) is 12.6. The predicted molar refractivity (Wildman–Crippen MR) is 83.9 cm³/mol. The number of aromatic nitrogens is 3. The highest BCUT2D eigenvalue weighted by atomic mass is 79.9. The van der Waals surface area contributed by atoms with Gasteiger partial charge in [0.2, 0.25) is 0 Å². The van der Waals surface area contributed by atoms with E-state index in [9.17, 15) is 0 Å². The van der Waals surface area contributed by atoms with Crippen LogP contribution in [-0.4, -0.2) is 14.5 Å². The molecule has 3 aromatic rings. The fraction of sp³-hybridized carbons (Fsp3) is 0. The van der Waals surface area contributed by atoms with Crippen molar-refractivity contribution in [1.29, 1.82) is 0 Å². The van der Waals surface area contributed by atoms with E-state index < -0.39 is 0 Å². The van der Waals surface area contributed by atoms with Crippen LogP contribution >= 0.6 is 27.5 Å². The summed E-state index contributed by atoms with van der Waals surface area (Å²) in [7, 11) is 0. The van der Waals surface area contributed by atoms with E-state index in [1.54, 1.807) is 18.7 Å². The molecule has 0 bridgehead atoms. The number of nitrogens with two attached hydrogens (primary N) is 1. The van der Waals surface area contributed by atoms with Gasteiger partial charge < -0.3 is 5.73 Å². The number of pyridine rings is 1. The number of rotatable bonds is 2. The summed E-state index contributed by atoms with van der Waals surface area (Å²) in [5.41, 5.74) is 8.52. The van der Waals surface area contributed by atoms with Gasteiger partial charge in [0.05, 0.1) is 23.9 Å². The number of nitrogen functional groups attached to an aromatic ring is 1. The first kappa shape index (κ1) is 13.1. The summed E-state index contributed by atoms with van der Waals surface area (Å²) >= 11 is 9.59. The van der Waals surface area contributed by atoms with Crippen LogP contribution in [0.3, 0.4) is 0 Å². The Morgan fingerprint density at radius 3 is 2.90 bits per heavy atom. The van der Waals surface area contributed by atoms with Crippen molar-refractivity contribution in [2.24, 2.45) is 0 Å². The maximum absolute atomic E-state index is 6.07. The molecular formula is C14H10BrClN4. The molecule has 4 nitrogen and oxygen atoms in total. The number of benzene rings is 1. The molecule has 2 aromatic heterocycles. The SMILES string of the molecule is Nc1ncccc1-c1cncn1-c1cc(Cl)ccc1Br. The number of hydrogen-bond donors (Lipinski definition) is 1. The molecule has 0 fully saturated rings. The molecule has 0 saturated heterocycles. The summed E-state index contributed by atoms with van der Waals surface area (Å²) < 4.78 is 2.84. The Balaban J connectivity index is 2.21. The zero-order chi connectivity index (χ0) is 14.1. The largest absolute Gasteiger partial charge is 0.383 e. The van der Waals surface area contributed by atoms with Gasteiger partial charge in [-0.1, -0.05) is 11.6 Å². The first-order valence-electron chi connectivity index (χ1n) is 5.85. The summed E-state index contributed by atoms with van der Waals surface area (Å²) in [6.45, 7) is 0. The Kier molecular flexibility index (Phi) is 3.46. The molecule has 0 unspecified atom stereocenters. The minimum atomic E-state index is 0.465. The van der Waals surface area contributed by atoms with Crippen molar-refractivity contribution >= 4 is 33.3 Å². The highest BCUT2D eigenvalue weighted by Crippen LogP contribution is 2.31. The minimum absolute atomic E-state index is 0.465. The molecule has 3 rings (SSSR count). The first-order chi connectivity index (χ1) is 9.66. The average molecular weight is 350 g/mol. The normalized spacial score (nSPS) is 10.7. The molecule has 20 heavy (non-hydrogen) atoms. The lowest BCUT2D eigenvalue weighted by molar-refractivity contribution is 1.05. The van der Waals surface area contributed by atoms with Crippen molar-refractivity contribution in [1.82, 2.24) is 14.5 Å². The van der Waals surface area contributed by atoms with Gasteiger partial charge in [0.25, 0.3) is 0 Å². The molecule has 0 saturated carbocycles. The monoisotopic (exact) mass is 348 g/mol. The topological polar surface area (TPSA) is 56.7 Å². The van der Waals surface area contributed by atoms with Crippen molar-refractivity contribution in [3.8, 4) is 16.9 Å². The van der Waals surface area contributed by atoms with Crippen LogP contribution in [-0.2, 0) is 0 Å². The van der Waals surface area contributed by atoms with E-state index in [4.69, 9.17) is 17.3 Å². The Morgan fingerprint density at radius 2 is 2.10 bits per heavy atom. The second-order valence-electron chi connectivity index (χ2n) is 4.18. The van der Waals surface area contributed by atoms with E-state index in [1.807, 2.05) is 34.9 Å². The van der Waals surface area contributed by atoms with Crippen molar-refractivity contribution < 1.29 is 0 Å². The zero-order valence-electron chi connectivity index (χ0n) is 10.3. The molecule has 1 aromatic carbocycles. The van der Waals surface area contributed by atoms with Gasteiger partial charge in [0.1, 0.15) is 5.82 Å². The first-order valence-corrected chi connectivity index (χ1v) is 7.02. The smallest absolute Gasteiger partial charge is 0.132 e. The molecule has 0 aliphatic rings. The lowest BCUT2D eigenvalue weighted by atomic mass is 10.2. The van der Waals surface area contributed by atoms with Crippen LogP contribution in [0.25, 0.3) is 16.9 Å². The molecule has 0 aliphatic heterocycles. The van der Waals surface area contributed by atoms with E-state index in [0.29, 0.717) is 10.8 Å². The van der Waals surface area contributed by atoms with Crippen LogP contribution in [0.15, 0.2) is 53.5 Å². The molecule has 6 heteroatoms. The molecule has 2 heterocycles. The van der Waals surface area contributed by atoms with Gasteiger partial charge >= 0.3 is 0 Å².